The molecule has 0 atom stereocenters. The van der Waals surface area contributed by atoms with E-state index in [1.54, 1.807) is 0 Å². The van der Waals surface area contributed by atoms with E-state index in [0.717, 1.165) is 0 Å². The Kier molecular flexibility index (Phi) is 3.45. The fourth-order valence-corrected chi connectivity index (χ4v) is 0.962. The van der Waals surface area contributed by atoms with E-state index in [-0.39, 0.29) is 19.6 Å². The topological polar surface area (TPSA) is 50.9 Å². The van der Waals surface area contributed by atoms with Crippen LogP contribution in [0.15, 0.2) is 6.20 Å². The van der Waals surface area contributed by atoms with Crippen molar-refractivity contribution < 1.29 is 18.3 Å². The van der Waals surface area contributed by atoms with Gasteiger partial charge in [-0.15, -0.1) is 5.10 Å². The zero-order valence-corrected chi connectivity index (χ0v) is 7.33. The predicted molar refractivity (Wildman–Crippen MR) is 41.2 cm³/mol. The maximum Gasteiger partial charge on any atom is 0.389 e. The first-order chi connectivity index (χ1) is 6.51. The van der Waals surface area contributed by atoms with E-state index in [4.69, 9.17) is 5.11 Å². The Hall–Kier alpha value is -1.11. The second kappa shape index (κ2) is 4.41. The standard InChI is InChI=1S/C7H10F3N3O/c8-7(9,10)2-1-3-13-4-6(5-14)11-12-13/h4,14H,1-3,5H2. The SMILES string of the molecule is OCc1cn(CCCC(F)(F)F)nn1. The van der Waals surface area contributed by atoms with Gasteiger partial charge < -0.3 is 5.11 Å². The highest BCUT2D eigenvalue weighted by Gasteiger charge is 2.26. The van der Waals surface area contributed by atoms with E-state index in [2.05, 4.69) is 10.3 Å². The molecular weight excluding hydrogens is 199 g/mol. The van der Waals surface area contributed by atoms with Crippen LogP contribution in [0.2, 0.25) is 0 Å². The lowest BCUT2D eigenvalue weighted by Gasteiger charge is -2.04. The summed E-state index contributed by atoms with van der Waals surface area (Å²) >= 11 is 0. The van der Waals surface area contributed by atoms with Crippen molar-refractivity contribution in [2.45, 2.75) is 32.2 Å². The number of alkyl halides is 3. The zero-order valence-electron chi connectivity index (χ0n) is 7.33. The van der Waals surface area contributed by atoms with Crippen molar-refractivity contribution in [2.75, 3.05) is 0 Å². The molecule has 0 radical (unpaired) electrons. The smallest absolute Gasteiger partial charge is 0.389 e. The number of aliphatic hydroxyl groups excluding tert-OH is 1. The van der Waals surface area contributed by atoms with Crippen molar-refractivity contribution in [2.24, 2.45) is 0 Å². The molecule has 0 saturated carbocycles. The molecule has 1 heterocycles. The van der Waals surface area contributed by atoms with Gasteiger partial charge in [0.1, 0.15) is 5.69 Å². The molecule has 4 nitrogen and oxygen atoms in total. The van der Waals surface area contributed by atoms with Crippen LogP contribution in [0, 0.1) is 0 Å². The molecular formula is C7H10F3N3O. The van der Waals surface area contributed by atoms with Crippen LogP contribution in [-0.2, 0) is 13.2 Å². The van der Waals surface area contributed by atoms with Gasteiger partial charge in [-0.2, -0.15) is 13.2 Å². The number of halogens is 3. The summed E-state index contributed by atoms with van der Waals surface area (Å²) in [5.74, 6) is 0. The predicted octanol–water partition coefficient (Wildman–Crippen LogP) is 1.11. The molecule has 0 aromatic carbocycles. The van der Waals surface area contributed by atoms with Crippen LogP contribution < -0.4 is 0 Å². The molecule has 0 aliphatic rings. The van der Waals surface area contributed by atoms with Crippen LogP contribution in [0.25, 0.3) is 0 Å². The van der Waals surface area contributed by atoms with Gasteiger partial charge in [0.2, 0.25) is 0 Å². The van der Waals surface area contributed by atoms with Gasteiger partial charge >= 0.3 is 6.18 Å². The van der Waals surface area contributed by atoms with E-state index < -0.39 is 12.6 Å². The second-order valence-corrected chi connectivity index (χ2v) is 2.85. The molecule has 0 spiro atoms. The van der Waals surface area contributed by atoms with Gasteiger partial charge in [0, 0.05) is 13.0 Å². The summed E-state index contributed by atoms with van der Waals surface area (Å²) in [4.78, 5) is 0. The minimum atomic E-state index is -4.12. The number of aliphatic hydroxyl groups is 1. The minimum Gasteiger partial charge on any atom is -0.390 e. The number of hydrogen-bond acceptors (Lipinski definition) is 3. The molecule has 0 saturated heterocycles. The van der Waals surface area contributed by atoms with Crippen molar-refractivity contribution in [3.63, 3.8) is 0 Å². The van der Waals surface area contributed by atoms with Crippen molar-refractivity contribution in [3.05, 3.63) is 11.9 Å². The summed E-state index contributed by atoms with van der Waals surface area (Å²) in [7, 11) is 0. The maximum atomic E-state index is 11.7. The fourth-order valence-electron chi connectivity index (χ4n) is 0.962. The molecule has 0 amide bonds. The number of rotatable bonds is 4. The van der Waals surface area contributed by atoms with Gasteiger partial charge in [-0.3, -0.25) is 4.68 Å². The van der Waals surface area contributed by atoms with Crippen LogP contribution in [0.5, 0.6) is 0 Å². The Labute approximate surface area is 78.3 Å². The third kappa shape index (κ3) is 3.73. The summed E-state index contributed by atoms with van der Waals surface area (Å²) in [6, 6.07) is 0. The summed E-state index contributed by atoms with van der Waals surface area (Å²) in [6.07, 6.45) is -3.56. The first-order valence-corrected chi connectivity index (χ1v) is 4.08. The van der Waals surface area contributed by atoms with Gasteiger partial charge in [0.05, 0.1) is 12.8 Å². The van der Waals surface area contributed by atoms with E-state index in [0.29, 0.717) is 5.69 Å². The molecule has 0 aliphatic heterocycles. The Morgan fingerprint density at radius 1 is 1.43 bits per heavy atom. The van der Waals surface area contributed by atoms with Crippen LogP contribution in [0.1, 0.15) is 18.5 Å². The number of nitrogens with zero attached hydrogens (tertiary/aromatic N) is 3. The molecule has 0 bridgehead atoms. The first-order valence-electron chi connectivity index (χ1n) is 4.08. The van der Waals surface area contributed by atoms with Crippen LogP contribution >= 0.6 is 0 Å². The summed E-state index contributed by atoms with van der Waals surface area (Å²) < 4.78 is 36.5. The lowest BCUT2D eigenvalue weighted by atomic mass is 10.3. The molecule has 1 N–H and O–H groups in total. The molecule has 80 valence electrons. The molecule has 7 heteroatoms. The van der Waals surface area contributed by atoms with Gasteiger partial charge in [-0.05, 0) is 6.42 Å². The number of aromatic nitrogens is 3. The lowest BCUT2D eigenvalue weighted by molar-refractivity contribution is -0.136. The second-order valence-electron chi connectivity index (χ2n) is 2.85. The highest BCUT2D eigenvalue weighted by Crippen LogP contribution is 2.21. The third-order valence-electron chi connectivity index (χ3n) is 1.60. The van der Waals surface area contributed by atoms with Crippen molar-refractivity contribution in [1.29, 1.82) is 0 Å². The number of aryl methyl sites for hydroxylation is 1. The van der Waals surface area contributed by atoms with Crippen LogP contribution in [0.4, 0.5) is 13.2 Å². The molecule has 1 aromatic rings. The van der Waals surface area contributed by atoms with E-state index >= 15 is 0 Å². The zero-order chi connectivity index (χ0) is 10.6. The van der Waals surface area contributed by atoms with Gasteiger partial charge in [-0.25, -0.2) is 0 Å². The normalized spacial score (nSPS) is 12.0. The van der Waals surface area contributed by atoms with E-state index in [9.17, 15) is 13.2 Å². The molecule has 1 aromatic heterocycles. The largest absolute Gasteiger partial charge is 0.390 e. The van der Waals surface area contributed by atoms with E-state index in [1.165, 1.54) is 10.9 Å². The molecule has 1 rings (SSSR count). The van der Waals surface area contributed by atoms with Crippen molar-refractivity contribution in [3.8, 4) is 0 Å². The molecule has 0 aliphatic carbocycles. The summed E-state index contributed by atoms with van der Waals surface area (Å²) in [5.41, 5.74) is 0.358. The Morgan fingerprint density at radius 3 is 2.64 bits per heavy atom. The third-order valence-corrected chi connectivity index (χ3v) is 1.60. The van der Waals surface area contributed by atoms with E-state index in [1.807, 2.05) is 0 Å². The van der Waals surface area contributed by atoms with Crippen molar-refractivity contribution in [1.82, 2.24) is 15.0 Å². The quantitative estimate of drug-likeness (QED) is 0.808. The van der Waals surface area contributed by atoms with Crippen molar-refractivity contribution >= 4 is 0 Å². The Bertz CT molecular complexity index is 284. The Morgan fingerprint density at radius 2 is 2.14 bits per heavy atom. The lowest BCUT2D eigenvalue weighted by Crippen LogP contribution is -2.09. The van der Waals surface area contributed by atoms with Crippen LogP contribution in [0.3, 0.4) is 0 Å². The summed E-state index contributed by atoms with van der Waals surface area (Å²) in [6.45, 7) is -0.0915. The highest BCUT2D eigenvalue weighted by atomic mass is 19.4. The fraction of sp³-hybridized carbons (Fsp3) is 0.714. The monoisotopic (exact) mass is 209 g/mol. The minimum absolute atomic E-state index is 0.0300. The average Bonchev–Trinajstić information content (AvgIpc) is 2.50. The molecule has 0 fully saturated rings. The highest BCUT2D eigenvalue weighted by molar-refractivity contribution is 4.88. The van der Waals surface area contributed by atoms with Gasteiger partial charge in [0.15, 0.2) is 0 Å². The average molecular weight is 209 g/mol. The number of hydrogen-bond donors (Lipinski definition) is 1. The maximum absolute atomic E-state index is 11.7. The first kappa shape index (κ1) is 11.0. The van der Waals surface area contributed by atoms with Crippen LogP contribution in [-0.4, -0.2) is 26.3 Å². The molecule has 14 heavy (non-hydrogen) atoms. The Balaban J connectivity index is 2.31. The molecule has 0 unspecified atom stereocenters. The van der Waals surface area contributed by atoms with Gasteiger partial charge in [-0.1, -0.05) is 5.21 Å². The van der Waals surface area contributed by atoms with Gasteiger partial charge in [0.25, 0.3) is 0 Å². The summed E-state index contributed by atoms with van der Waals surface area (Å²) in [5, 5.41) is 15.7.